The minimum atomic E-state index is -0.525. The number of fused-ring (bicyclic) bond motifs is 1. The van der Waals surface area contributed by atoms with Crippen molar-refractivity contribution in [3.05, 3.63) is 72.2 Å². The van der Waals surface area contributed by atoms with Gasteiger partial charge >= 0.3 is 0 Å². The van der Waals surface area contributed by atoms with Gasteiger partial charge in [0.25, 0.3) is 11.8 Å². The van der Waals surface area contributed by atoms with Crippen LogP contribution in [-0.4, -0.2) is 80.6 Å². The Balaban J connectivity index is 1.70. The van der Waals surface area contributed by atoms with Gasteiger partial charge in [0.2, 0.25) is 5.88 Å². The molecule has 2 amide bonds. The molecule has 0 fully saturated rings. The average Bonchev–Trinajstić information content (AvgIpc) is 2.90. The summed E-state index contributed by atoms with van der Waals surface area (Å²) in [6.45, 7) is 3.91. The van der Waals surface area contributed by atoms with Crippen molar-refractivity contribution in [2.75, 3.05) is 26.7 Å². The summed E-state index contributed by atoms with van der Waals surface area (Å²) in [5, 5.41) is 9.82. The summed E-state index contributed by atoms with van der Waals surface area (Å²) in [6.07, 6.45) is 5.27. The SMILES string of the molecule is C[C@H]1CN([C@@H](C)CO)C(=O)c2cc(-c3ccccc3F)cnc2O[C@@H]1CN(C)C(=O)c1cnccn1. The molecule has 36 heavy (non-hydrogen) atoms. The Morgan fingerprint density at radius 1 is 1.25 bits per heavy atom. The summed E-state index contributed by atoms with van der Waals surface area (Å²) in [4.78, 5) is 41.8. The van der Waals surface area contributed by atoms with Gasteiger partial charge in [0.05, 0.1) is 25.4 Å². The summed E-state index contributed by atoms with van der Waals surface area (Å²) in [5.41, 5.74) is 1.11. The van der Waals surface area contributed by atoms with Crippen LogP contribution in [-0.2, 0) is 0 Å². The molecule has 0 aliphatic carbocycles. The van der Waals surface area contributed by atoms with Crippen LogP contribution in [0.15, 0.2) is 55.1 Å². The largest absolute Gasteiger partial charge is 0.472 e. The van der Waals surface area contributed by atoms with Crippen LogP contribution in [0, 0.1) is 11.7 Å². The van der Waals surface area contributed by atoms with Crippen molar-refractivity contribution in [1.29, 1.82) is 0 Å². The molecular weight excluding hydrogens is 465 g/mol. The predicted octanol–water partition coefficient (Wildman–Crippen LogP) is 2.67. The lowest BCUT2D eigenvalue weighted by Gasteiger charge is -2.37. The molecule has 10 heteroatoms. The molecule has 0 saturated heterocycles. The Hall–Kier alpha value is -3.92. The molecule has 0 unspecified atom stereocenters. The number of aliphatic hydroxyl groups is 1. The molecule has 1 aliphatic rings. The molecule has 0 bridgehead atoms. The van der Waals surface area contributed by atoms with E-state index in [1.807, 2.05) is 6.92 Å². The molecule has 1 aromatic carbocycles. The standard InChI is InChI=1S/C26H28FN5O4/c1-16-13-32(17(2)15-33)25(34)20-10-18(19-6-4-5-7-21(19)27)11-30-24(20)36-23(16)14-31(3)26(35)22-12-28-8-9-29-22/h4-12,16-17,23,33H,13-15H2,1-3H3/t16-,17-,23+/m0/s1. The van der Waals surface area contributed by atoms with Gasteiger partial charge in [0, 0.05) is 49.2 Å². The highest BCUT2D eigenvalue weighted by Crippen LogP contribution is 2.31. The molecule has 1 N–H and O–H groups in total. The second-order valence-corrected chi connectivity index (χ2v) is 8.96. The van der Waals surface area contributed by atoms with Crippen LogP contribution in [0.1, 0.15) is 34.7 Å². The lowest BCUT2D eigenvalue weighted by molar-refractivity contribution is 0.0312. The number of ether oxygens (including phenoxy) is 1. The van der Waals surface area contributed by atoms with Crippen LogP contribution in [0.3, 0.4) is 0 Å². The molecule has 0 spiro atoms. The van der Waals surface area contributed by atoms with E-state index >= 15 is 0 Å². The van der Waals surface area contributed by atoms with Crippen molar-refractivity contribution in [2.24, 2.45) is 5.92 Å². The first-order valence-corrected chi connectivity index (χ1v) is 11.6. The molecule has 3 aromatic rings. The average molecular weight is 494 g/mol. The van der Waals surface area contributed by atoms with E-state index < -0.39 is 18.0 Å². The van der Waals surface area contributed by atoms with Crippen LogP contribution in [0.25, 0.3) is 11.1 Å². The second kappa shape index (κ2) is 10.8. The maximum Gasteiger partial charge on any atom is 0.273 e. The van der Waals surface area contributed by atoms with E-state index in [0.29, 0.717) is 11.1 Å². The highest BCUT2D eigenvalue weighted by molar-refractivity contribution is 5.98. The van der Waals surface area contributed by atoms with Crippen LogP contribution in [0.4, 0.5) is 4.39 Å². The number of rotatable bonds is 6. The number of likely N-dealkylation sites (N-methyl/N-ethyl adjacent to an activating group) is 1. The maximum atomic E-state index is 14.4. The molecule has 2 aromatic heterocycles. The topological polar surface area (TPSA) is 109 Å². The molecular formula is C26H28FN5O4. The Morgan fingerprint density at radius 3 is 2.72 bits per heavy atom. The van der Waals surface area contributed by atoms with Gasteiger partial charge in [-0.15, -0.1) is 0 Å². The maximum absolute atomic E-state index is 14.4. The van der Waals surface area contributed by atoms with Gasteiger partial charge in [0.1, 0.15) is 23.2 Å². The fourth-order valence-electron chi connectivity index (χ4n) is 4.12. The van der Waals surface area contributed by atoms with Crippen molar-refractivity contribution in [3.8, 4) is 17.0 Å². The van der Waals surface area contributed by atoms with Crippen molar-refractivity contribution in [2.45, 2.75) is 26.0 Å². The smallest absolute Gasteiger partial charge is 0.273 e. The number of amides is 2. The fraction of sp³-hybridized carbons (Fsp3) is 0.346. The number of halogens is 1. The summed E-state index contributed by atoms with van der Waals surface area (Å²) in [5.74, 6) is -1.24. The molecule has 9 nitrogen and oxygen atoms in total. The normalized spacial score (nSPS) is 18.5. The number of hydrogen-bond acceptors (Lipinski definition) is 7. The molecule has 0 saturated carbocycles. The van der Waals surface area contributed by atoms with Gasteiger partial charge in [0.15, 0.2) is 0 Å². The van der Waals surface area contributed by atoms with E-state index in [0.717, 1.165) is 0 Å². The van der Waals surface area contributed by atoms with Gasteiger partial charge in [-0.05, 0) is 19.1 Å². The minimum Gasteiger partial charge on any atom is -0.472 e. The number of nitrogens with zero attached hydrogens (tertiary/aromatic N) is 5. The molecule has 0 radical (unpaired) electrons. The predicted molar refractivity (Wildman–Crippen MR) is 130 cm³/mol. The Morgan fingerprint density at radius 2 is 2.03 bits per heavy atom. The van der Waals surface area contributed by atoms with E-state index in [1.165, 1.54) is 35.8 Å². The first kappa shape index (κ1) is 25.2. The Kier molecular flexibility index (Phi) is 7.54. The number of benzene rings is 1. The molecule has 4 rings (SSSR count). The zero-order valence-electron chi connectivity index (χ0n) is 20.3. The molecule has 3 heterocycles. The quantitative estimate of drug-likeness (QED) is 0.562. The number of aromatic nitrogens is 3. The number of pyridine rings is 1. The number of carbonyl (C=O) groups is 2. The lowest BCUT2D eigenvalue weighted by Crippen LogP contribution is -2.50. The van der Waals surface area contributed by atoms with Gasteiger partial charge < -0.3 is 19.6 Å². The van der Waals surface area contributed by atoms with Crippen LogP contribution in [0.5, 0.6) is 5.88 Å². The second-order valence-electron chi connectivity index (χ2n) is 8.96. The van der Waals surface area contributed by atoms with Gasteiger partial charge in [-0.1, -0.05) is 25.1 Å². The number of carbonyl (C=O) groups excluding carboxylic acids is 2. The number of aliphatic hydroxyl groups excluding tert-OH is 1. The van der Waals surface area contributed by atoms with Gasteiger partial charge in [-0.2, -0.15) is 0 Å². The number of hydrogen-bond donors (Lipinski definition) is 1. The third kappa shape index (κ3) is 5.18. The van der Waals surface area contributed by atoms with Crippen LogP contribution < -0.4 is 4.74 Å². The van der Waals surface area contributed by atoms with E-state index in [-0.39, 0.29) is 54.6 Å². The van der Waals surface area contributed by atoms with Crippen molar-refractivity contribution >= 4 is 11.8 Å². The third-order valence-corrected chi connectivity index (χ3v) is 6.29. The highest BCUT2D eigenvalue weighted by atomic mass is 19.1. The van der Waals surface area contributed by atoms with Gasteiger partial charge in [-0.25, -0.2) is 14.4 Å². The minimum absolute atomic E-state index is 0.0899. The third-order valence-electron chi connectivity index (χ3n) is 6.29. The van der Waals surface area contributed by atoms with E-state index in [1.54, 1.807) is 43.1 Å². The summed E-state index contributed by atoms with van der Waals surface area (Å²) < 4.78 is 20.7. The van der Waals surface area contributed by atoms with E-state index in [9.17, 15) is 19.1 Å². The zero-order valence-corrected chi connectivity index (χ0v) is 20.3. The molecule has 3 atom stereocenters. The van der Waals surface area contributed by atoms with Crippen molar-refractivity contribution in [1.82, 2.24) is 24.8 Å². The van der Waals surface area contributed by atoms with Crippen LogP contribution >= 0.6 is 0 Å². The van der Waals surface area contributed by atoms with Crippen LogP contribution in [0.2, 0.25) is 0 Å². The Labute approximate surface area is 208 Å². The van der Waals surface area contributed by atoms with E-state index in [2.05, 4.69) is 15.0 Å². The first-order valence-electron chi connectivity index (χ1n) is 11.6. The highest BCUT2D eigenvalue weighted by Gasteiger charge is 2.35. The fourth-order valence-corrected chi connectivity index (χ4v) is 4.12. The van der Waals surface area contributed by atoms with Crippen molar-refractivity contribution in [3.63, 3.8) is 0 Å². The Bertz CT molecular complexity index is 1240. The summed E-state index contributed by atoms with van der Waals surface area (Å²) in [6, 6.07) is 7.33. The lowest BCUT2D eigenvalue weighted by atomic mass is 9.99. The van der Waals surface area contributed by atoms with E-state index in [4.69, 9.17) is 4.74 Å². The van der Waals surface area contributed by atoms with Crippen molar-refractivity contribution < 1.29 is 23.8 Å². The van der Waals surface area contributed by atoms with Gasteiger partial charge in [-0.3, -0.25) is 14.6 Å². The molecule has 188 valence electrons. The first-order chi connectivity index (χ1) is 17.3. The molecule has 1 aliphatic heterocycles. The summed E-state index contributed by atoms with van der Waals surface area (Å²) in [7, 11) is 1.64. The monoisotopic (exact) mass is 493 g/mol. The summed E-state index contributed by atoms with van der Waals surface area (Å²) >= 11 is 0. The zero-order chi connectivity index (χ0) is 25.8.